The highest BCUT2D eigenvalue weighted by atomic mass is 16.5. The smallest absolute Gasteiger partial charge is 0.222 e. The van der Waals surface area contributed by atoms with Gasteiger partial charge >= 0.3 is 0 Å². The Kier molecular flexibility index (Phi) is 2.95. The van der Waals surface area contributed by atoms with E-state index in [9.17, 15) is 0 Å². The molecule has 1 aromatic heterocycles. The van der Waals surface area contributed by atoms with Gasteiger partial charge in [0.25, 0.3) is 0 Å². The number of methoxy groups -OCH3 is 2. The van der Waals surface area contributed by atoms with Crippen LogP contribution < -0.4 is 15.2 Å². The maximum atomic E-state index is 5.58. The summed E-state index contributed by atoms with van der Waals surface area (Å²) in [4.78, 5) is 0. The fraction of sp³-hybridized carbons (Fsp3) is 0.133. The van der Waals surface area contributed by atoms with Gasteiger partial charge in [0.1, 0.15) is 17.2 Å². The first-order valence-electron chi connectivity index (χ1n) is 6.11. The Bertz CT molecular complexity index is 765. The maximum absolute atomic E-state index is 5.58. The Balaban J connectivity index is 2.30. The average molecular weight is 270 g/mol. The van der Waals surface area contributed by atoms with Gasteiger partial charge in [0.2, 0.25) is 5.88 Å². The van der Waals surface area contributed by atoms with Crippen molar-refractivity contribution in [1.82, 2.24) is 5.16 Å². The molecule has 0 fully saturated rings. The van der Waals surface area contributed by atoms with E-state index < -0.39 is 0 Å². The van der Waals surface area contributed by atoms with Crippen molar-refractivity contribution >= 4 is 16.7 Å². The minimum absolute atomic E-state index is 0.271. The Labute approximate surface area is 115 Å². The molecule has 0 radical (unpaired) electrons. The first-order chi connectivity index (χ1) is 9.74. The van der Waals surface area contributed by atoms with Gasteiger partial charge in [-0.05, 0) is 18.2 Å². The Hall–Kier alpha value is -2.69. The van der Waals surface area contributed by atoms with E-state index in [2.05, 4.69) is 5.16 Å². The lowest BCUT2D eigenvalue weighted by atomic mass is 10.0. The molecule has 102 valence electrons. The zero-order chi connectivity index (χ0) is 14.1. The van der Waals surface area contributed by atoms with Gasteiger partial charge in [0.05, 0.1) is 14.2 Å². The summed E-state index contributed by atoms with van der Waals surface area (Å²) in [5.74, 6) is 1.79. The van der Waals surface area contributed by atoms with Crippen molar-refractivity contribution in [2.75, 3.05) is 20.0 Å². The zero-order valence-electron chi connectivity index (χ0n) is 11.2. The summed E-state index contributed by atoms with van der Waals surface area (Å²) in [7, 11) is 3.27. The second-order valence-electron chi connectivity index (χ2n) is 4.32. The van der Waals surface area contributed by atoms with E-state index in [1.54, 1.807) is 20.3 Å². The lowest BCUT2D eigenvalue weighted by Crippen LogP contribution is -1.92. The molecular formula is C15H14N2O3. The fourth-order valence-electron chi connectivity index (χ4n) is 2.32. The average Bonchev–Trinajstić information content (AvgIpc) is 2.91. The zero-order valence-corrected chi connectivity index (χ0v) is 11.2. The van der Waals surface area contributed by atoms with E-state index in [-0.39, 0.29) is 5.88 Å². The summed E-state index contributed by atoms with van der Waals surface area (Å²) in [6.45, 7) is 0. The summed E-state index contributed by atoms with van der Waals surface area (Å²) in [6.07, 6.45) is 0. The maximum Gasteiger partial charge on any atom is 0.222 e. The normalized spacial score (nSPS) is 10.7. The van der Waals surface area contributed by atoms with Gasteiger partial charge in [-0.3, -0.25) is 0 Å². The molecule has 0 atom stereocenters. The minimum atomic E-state index is 0.271. The van der Waals surface area contributed by atoms with Gasteiger partial charge in [0.15, 0.2) is 0 Å². The molecule has 5 heteroatoms. The van der Waals surface area contributed by atoms with E-state index in [4.69, 9.17) is 19.7 Å². The third-order valence-electron chi connectivity index (χ3n) is 3.20. The van der Waals surface area contributed by atoms with Crippen molar-refractivity contribution in [3.8, 4) is 22.8 Å². The highest BCUT2D eigenvalue weighted by molar-refractivity contribution is 5.98. The van der Waals surface area contributed by atoms with Crippen LogP contribution in [0, 0.1) is 0 Å². The molecule has 2 N–H and O–H groups in total. The van der Waals surface area contributed by atoms with Crippen LogP contribution in [0.4, 0.5) is 5.88 Å². The third kappa shape index (κ3) is 1.84. The van der Waals surface area contributed by atoms with Crippen LogP contribution in [-0.2, 0) is 0 Å². The fourth-order valence-corrected chi connectivity index (χ4v) is 2.32. The Morgan fingerprint density at radius 2 is 1.90 bits per heavy atom. The van der Waals surface area contributed by atoms with E-state index in [1.807, 2.05) is 30.3 Å². The van der Waals surface area contributed by atoms with E-state index in [0.717, 1.165) is 27.8 Å². The summed E-state index contributed by atoms with van der Waals surface area (Å²) in [5, 5.41) is 5.86. The molecule has 1 heterocycles. The van der Waals surface area contributed by atoms with Crippen molar-refractivity contribution in [3.63, 3.8) is 0 Å². The number of aromatic nitrogens is 1. The number of rotatable bonds is 3. The summed E-state index contributed by atoms with van der Waals surface area (Å²) in [6, 6.07) is 11.4. The van der Waals surface area contributed by atoms with Crippen LogP contribution in [0.5, 0.6) is 11.5 Å². The molecule has 3 rings (SSSR count). The number of hydrogen-bond donors (Lipinski definition) is 1. The van der Waals surface area contributed by atoms with Crippen LogP contribution in [0.2, 0.25) is 0 Å². The number of benzene rings is 2. The number of nitrogen functional groups attached to an aromatic ring is 1. The first kappa shape index (κ1) is 12.3. The van der Waals surface area contributed by atoms with Crippen molar-refractivity contribution in [1.29, 1.82) is 0 Å². The molecule has 0 amide bonds. The SMILES string of the molecule is COc1cccc2c(OC)c(-c3cc(N)on3)ccc12. The Morgan fingerprint density at radius 3 is 2.55 bits per heavy atom. The standard InChI is InChI=1S/C15H14N2O3/c1-18-13-5-3-4-10-9(13)6-7-11(15(10)19-2)12-8-14(16)20-17-12/h3-8H,16H2,1-2H3. The van der Waals surface area contributed by atoms with Gasteiger partial charge in [-0.2, -0.15) is 0 Å². The lowest BCUT2D eigenvalue weighted by molar-refractivity contribution is 0.415. The molecule has 3 aromatic rings. The highest BCUT2D eigenvalue weighted by Crippen LogP contribution is 2.39. The number of ether oxygens (including phenoxy) is 2. The molecule has 0 bridgehead atoms. The van der Waals surface area contributed by atoms with Gasteiger partial charge in [0, 0.05) is 22.4 Å². The number of nitrogens with two attached hydrogens (primary N) is 1. The summed E-state index contributed by atoms with van der Waals surface area (Å²) in [5.41, 5.74) is 7.05. The van der Waals surface area contributed by atoms with Crippen LogP contribution in [0.3, 0.4) is 0 Å². The van der Waals surface area contributed by atoms with Crippen LogP contribution >= 0.6 is 0 Å². The molecule has 0 aliphatic carbocycles. The second kappa shape index (κ2) is 4.77. The van der Waals surface area contributed by atoms with Crippen molar-refractivity contribution in [2.45, 2.75) is 0 Å². The highest BCUT2D eigenvalue weighted by Gasteiger charge is 2.15. The van der Waals surface area contributed by atoms with Gasteiger partial charge in [-0.1, -0.05) is 17.3 Å². The first-order valence-corrected chi connectivity index (χ1v) is 6.11. The molecule has 20 heavy (non-hydrogen) atoms. The molecule has 0 aliphatic heterocycles. The molecule has 0 unspecified atom stereocenters. The number of fused-ring (bicyclic) bond motifs is 1. The van der Waals surface area contributed by atoms with Crippen molar-refractivity contribution in [2.24, 2.45) is 0 Å². The number of nitrogens with zero attached hydrogens (tertiary/aromatic N) is 1. The van der Waals surface area contributed by atoms with Crippen molar-refractivity contribution < 1.29 is 14.0 Å². The molecule has 0 spiro atoms. The third-order valence-corrected chi connectivity index (χ3v) is 3.20. The molecule has 0 saturated heterocycles. The topological polar surface area (TPSA) is 70.5 Å². The van der Waals surface area contributed by atoms with Gasteiger partial charge < -0.3 is 19.7 Å². The summed E-state index contributed by atoms with van der Waals surface area (Å²) < 4.78 is 15.8. The molecule has 0 saturated carbocycles. The number of anilines is 1. The van der Waals surface area contributed by atoms with Crippen LogP contribution in [0.1, 0.15) is 0 Å². The molecule has 2 aromatic carbocycles. The lowest BCUT2D eigenvalue weighted by Gasteiger charge is -2.12. The quantitative estimate of drug-likeness (QED) is 0.791. The van der Waals surface area contributed by atoms with Gasteiger partial charge in [-0.15, -0.1) is 0 Å². The van der Waals surface area contributed by atoms with Crippen LogP contribution in [0.15, 0.2) is 40.9 Å². The monoisotopic (exact) mass is 270 g/mol. The Morgan fingerprint density at radius 1 is 1.05 bits per heavy atom. The van der Waals surface area contributed by atoms with E-state index in [1.165, 1.54) is 0 Å². The second-order valence-corrected chi connectivity index (χ2v) is 4.32. The molecule has 5 nitrogen and oxygen atoms in total. The predicted octanol–water partition coefficient (Wildman–Crippen LogP) is 3.09. The minimum Gasteiger partial charge on any atom is -0.496 e. The molecular weight excluding hydrogens is 256 g/mol. The predicted molar refractivity (Wildman–Crippen MR) is 77.0 cm³/mol. The largest absolute Gasteiger partial charge is 0.496 e. The molecule has 0 aliphatic rings. The van der Waals surface area contributed by atoms with Gasteiger partial charge in [-0.25, -0.2) is 0 Å². The van der Waals surface area contributed by atoms with Crippen LogP contribution in [-0.4, -0.2) is 19.4 Å². The van der Waals surface area contributed by atoms with Crippen molar-refractivity contribution in [3.05, 3.63) is 36.4 Å². The number of hydrogen-bond acceptors (Lipinski definition) is 5. The summed E-state index contributed by atoms with van der Waals surface area (Å²) >= 11 is 0. The van der Waals surface area contributed by atoms with E-state index >= 15 is 0 Å². The van der Waals surface area contributed by atoms with Crippen LogP contribution in [0.25, 0.3) is 22.0 Å². The van der Waals surface area contributed by atoms with E-state index in [0.29, 0.717) is 5.69 Å².